The highest BCUT2D eigenvalue weighted by Crippen LogP contribution is 2.34. The number of ether oxygens (including phenoxy) is 2. The molecule has 130 valence electrons. The van der Waals surface area contributed by atoms with Crippen LogP contribution in [0.1, 0.15) is 11.3 Å². The van der Waals surface area contributed by atoms with Crippen LogP contribution in [-0.2, 0) is 12.5 Å². The minimum absolute atomic E-state index is 0.0567. The third-order valence-electron chi connectivity index (χ3n) is 3.33. The fourth-order valence-corrected chi connectivity index (χ4v) is 2.31. The van der Waals surface area contributed by atoms with Crippen LogP contribution in [-0.4, -0.2) is 11.6 Å². The minimum Gasteiger partial charge on any atom is -0.485 e. The Bertz CT molecular complexity index is 824. The van der Waals surface area contributed by atoms with E-state index in [9.17, 15) is 8.78 Å². The number of alkyl halides is 3. The molecule has 0 radical (unpaired) electrons. The molecule has 1 aromatic heterocycles. The third-order valence-corrected chi connectivity index (χ3v) is 3.61. The molecular formula is C18H14ClF2NO3. The van der Waals surface area contributed by atoms with Gasteiger partial charge in [0.2, 0.25) is 5.89 Å². The van der Waals surface area contributed by atoms with E-state index in [0.29, 0.717) is 17.1 Å². The molecule has 0 spiro atoms. The van der Waals surface area contributed by atoms with Gasteiger partial charge in [-0.15, -0.1) is 11.6 Å². The quantitative estimate of drug-likeness (QED) is 0.536. The number of hydrogen-bond acceptors (Lipinski definition) is 4. The molecule has 2 aromatic carbocycles. The monoisotopic (exact) mass is 365 g/mol. The number of halogens is 3. The molecule has 7 heteroatoms. The Morgan fingerprint density at radius 1 is 1.08 bits per heavy atom. The molecule has 3 aromatic rings. The standard InChI is InChI=1S/C18H14ClF2NO3/c19-9-14-11-24-17(22-14)13-6-7-15(25-18(20)21)16(8-13)23-10-12-4-2-1-3-5-12/h1-8,11,18H,9-10H2. The number of hydrogen-bond donors (Lipinski definition) is 0. The van der Waals surface area contributed by atoms with E-state index in [2.05, 4.69) is 9.72 Å². The van der Waals surface area contributed by atoms with Crippen molar-refractivity contribution in [2.75, 3.05) is 0 Å². The van der Waals surface area contributed by atoms with Crippen molar-refractivity contribution in [3.8, 4) is 23.0 Å². The number of aromatic nitrogens is 1. The first kappa shape index (κ1) is 17.2. The van der Waals surface area contributed by atoms with Gasteiger partial charge in [-0.2, -0.15) is 8.78 Å². The lowest BCUT2D eigenvalue weighted by atomic mass is 10.2. The van der Waals surface area contributed by atoms with Gasteiger partial charge < -0.3 is 13.9 Å². The Kier molecular flexibility index (Phi) is 5.50. The number of rotatable bonds is 7. The van der Waals surface area contributed by atoms with Crippen molar-refractivity contribution >= 4 is 11.6 Å². The molecule has 25 heavy (non-hydrogen) atoms. The summed E-state index contributed by atoms with van der Waals surface area (Å²) in [5.74, 6) is 0.655. The summed E-state index contributed by atoms with van der Waals surface area (Å²) < 4.78 is 40.8. The van der Waals surface area contributed by atoms with Crippen molar-refractivity contribution in [3.05, 3.63) is 66.1 Å². The molecule has 0 atom stereocenters. The predicted molar refractivity (Wildman–Crippen MR) is 88.9 cm³/mol. The molecule has 0 bridgehead atoms. The van der Waals surface area contributed by atoms with E-state index in [0.717, 1.165) is 5.56 Å². The lowest BCUT2D eigenvalue weighted by Gasteiger charge is -2.13. The molecule has 0 saturated heterocycles. The molecule has 0 aliphatic rings. The van der Waals surface area contributed by atoms with E-state index >= 15 is 0 Å². The van der Waals surface area contributed by atoms with Gasteiger partial charge in [-0.3, -0.25) is 0 Å². The minimum atomic E-state index is -2.95. The van der Waals surface area contributed by atoms with Crippen LogP contribution in [0.5, 0.6) is 11.5 Å². The molecule has 0 unspecified atom stereocenters. The van der Waals surface area contributed by atoms with Crippen molar-refractivity contribution in [3.63, 3.8) is 0 Å². The van der Waals surface area contributed by atoms with Crippen LogP contribution in [0.2, 0.25) is 0 Å². The van der Waals surface area contributed by atoms with Crippen molar-refractivity contribution in [1.29, 1.82) is 0 Å². The molecule has 1 heterocycles. The van der Waals surface area contributed by atoms with E-state index in [1.54, 1.807) is 12.1 Å². The third kappa shape index (κ3) is 4.48. The topological polar surface area (TPSA) is 44.5 Å². The summed E-state index contributed by atoms with van der Waals surface area (Å²) in [5, 5.41) is 0. The largest absolute Gasteiger partial charge is 0.485 e. The summed E-state index contributed by atoms with van der Waals surface area (Å²) >= 11 is 5.71. The first-order valence-electron chi connectivity index (χ1n) is 7.42. The zero-order chi connectivity index (χ0) is 17.6. The summed E-state index contributed by atoms with van der Waals surface area (Å²) in [6, 6.07) is 13.9. The van der Waals surface area contributed by atoms with E-state index in [1.807, 2.05) is 30.3 Å². The average Bonchev–Trinajstić information content (AvgIpc) is 3.10. The summed E-state index contributed by atoms with van der Waals surface area (Å²) in [6.45, 7) is -2.74. The second-order valence-corrected chi connectivity index (χ2v) is 5.36. The zero-order valence-corrected chi connectivity index (χ0v) is 13.7. The Morgan fingerprint density at radius 3 is 2.56 bits per heavy atom. The van der Waals surface area contributed by atoms with Gasteiger partial charge in [0, 0.05) is 5.56 Å². The van der Waals surface area contributed by atoms with Gasteiger partial charge >= 0.3 is 6.61 Å². The molecule has 0 aliphatic heterocycles. The van der Waals surface area contributed by atoms with Crippen LogP contribution >= 0.6 is 11.6 Å². The van der Waals surface area contributed by atoms with E-state index in [-0.39, 0.29) is 24.0 Å². The fourth-order valence-electron chi connectivity index (χ4n) is 2.18. The fraction of sp³-hybridized carbons (Fsp3) is 0.167. The van der Waals surface area contributed by atoms with Gasteiger partial charge in [-0.25, -0.2) is 4.98 Å². The predicted octanol–water partition coefficient (Wildman–Crippen LogP) is 5.26. The highest BCUT2D eigenvalue weighted by atomic mass is 35.5. The smallest absolute Gasteiger partial charge is 0.387 e. The van der Waals surface area contributed by atoms with Crippen molar-refractivity contribution in [2.24, 2.45) is 0 Å². The second kappa shape index (κ2) is 7.98. The maximum absolute atomic E-state index is 12.6. The van der Waals surface area contributed by atoms with Gasteiger partial charge in [-0.05, 0) is 23.8 Å². The van der Waals surface area contributed by atoms with E-state index in [1.165, 1.54) is 12.3 Å². The Morgan fingerprint density at radius 2 is 1.88 bits per heavy atom. The average molecular weight is 366 g/mol. The summed E-state index contributed by atoms with van der Waals surface area (Å²) in [7, 11) is 0. The van der Waals surface area contributed by atoms with Crippen LogP contribution in [0.15, 0.2) is 59.2 Å². The number of oxazole rings is 1. The molecular weight excluding hydrogens is 352 g/mol. The van der Waals surface area contributed by atoms with Gasteiger partial charge in [0.15, 0.2) is 11.5 Å². The van der Waals surface area contributed by atoms with E-state index < -0.39 is 6.61 Å². The van der Waals surface area contributed by atoms with Crippen molar-refractivity contribution in [2.45, 2.75) is 19.1 Å². The van der Waals surface area contributed by atoms with Crippen LogP contribution in [0.3, 0.4) is 0 Å². The van der Waals surface area contributed by atoms with Crippen molar-refractivity contribution in [1.82, 2.24) is 4.98 Å². The molecule has 0 aliphatic carbocycles. The van der Waals surface area contributed by atoms with E-state index in [4.69, 9.17) is 20.8 Å². The molecule has 3 rings (SSSR count). The first-order chi connectivity index (χ1) is 12.2. The van der Waals surface area contributed by atoms with Gasteiger partial charge in [-0.1, -0.05) is 30.3 Å². The molecule has 0 N–H and O–H groups in total. The SMILES string of the molecule is FC(F)Oc1ccc(-c2nc(CCl)co2)cc1OCc1ccccc1. The van der Waals surface area contributed by atoms with Gasteiger partial charge in [0.1, 0.15) is 12.9 Å². The highest BCUT2D eigenvalue weighted by Gasteiger charge is 2.15. The van der Waals surface area contributed by atoms with Crippen LogP contribution in [0.4, 0.5) is 8.78 Å². The molecule has 4 nitrogen and oxygen atoms in total. The number of benzene rings is 2. The van der Waals surface area contributed by atoms with Gasteiger partial charge in [0.05, 0.1) is 11.6 Å². The Balaban J connectivity index is 1.87. The Hall–Kier alpha value is -2.60. The molecule has 0 saturated carbocycles. The number of nitrogens with zero attached hydrogens (tertiary/aromatic N) is 1. The zero-order valence-electron chi connectivity index (χ0n) is 13.0. The summed E-state index contributed by atoms with van der Waals surface area (Å²) in [4.78, 5) is 4.21. The van der Waals surface area contributed by atoms with Crippen LogP contribution < -0.4 is 9.47 Å². The lowest BCUT2D eigenvalue weighted by Crippen LogP contribution is -2.05. The summed E-state index contributed by atoms with van der Waals surface area (Å²) in [5.41, 5.74) is 2.05. The van der Waals surface area contributed by atoms with Gasteiger partial charge in [0.25, 0.3) is 0 Å². The molecule has 0 fully saturated rings. The maximum atomic E-state index is 12.6. The maximum Gasteiger partial charge on any atom is 0.387 e. The van der Waals surface area contributed by atoms with Crippen LogP contribution in [0.25, 0.3) is 11.5 Å². The van der Waals surface area contributed by atoms with Crippen LogP contribution in [0, 0.1) is 0 Å². The normalized spacial score (nSPS) is 10.9. The Labute approximate surface area is 148 Å². The molecule has 0 amide bonds. The second-order valence-electron chi connectivity index (χ2n) is 5.09. The lowest BCUT2D eigenvalue weighted by molar-refractivity contribution is -0.0515. The summed E-state index contributed by atoms with van der Waals surface area (Å²) in [6.07, 6.45) is 1.44. The highest BCUT2D eigenvalue weighted by molar-refractivity contribution is 6.16. The van der Waals surface area contributed by atoms with Crippen molar-refractivity contribution < 1.29 is 22.7 Å². The first-order valence-corrected chi connectivity index (χ1v) is 7.95.